The van der Waals surface area contributed by atoms with Crippen LogP contribution in [0.4, 0.5) is 0 Å². The Morgan fingerprint density at radius 2 is 2.28 bits per heavy atom. The number of nitrogens with one attached hydrogen (secondary N) is 1. The number of aliphatic hydroxyl groups is 1. The highest BCUT2D eigenvalue weighted by molar-refractivity contribution is 5.93. The normalized spacial score (nSPS) is 13.6. The second kappa shape index (κ2) is 8.13. The van der Waals surface area contributed by atoms with Gasteiger partial charge in [-0.05, 0) is 12.0 Å². The number of amides is 1. The Kier molecular flexibility index (Phi) is 7.66. The molecule has 1 aromatic rings. The molecule has 0 aliphatic rings. The van der Waals surface area contributed by atoms with E-state index < -0.39 is 6.10 Å². The van der Waals surface area contributed by atoms with Crippen molar-refractivity contribution >= 4 is 18.3 Å². The molecule has 0 saturated carbocycles. The molecule has 0 aliphatic carbocycles. The van der Waals surface area contributed by atoms with Crippen molar-refractivity contribution in [3.05, 3.63) is 23.7 Å². The zero-order valence-electron chi connectivity index (χ0n) is 10.7. The van der Waals surface area contributed by atoms with E-state index in [0.29, 0.717) is 11.3 Å². The maximum atomic E-state index is 11.7. The Labute approximate surface area is 113 Å². The van der Waals surface area contributed by atoms with Crippen LogP contribution in [-0.2, 0) is 6.54 Å². The van der Waals surface area contributed by atoms with Gasteiger partial charge in [0.05, 0.1) is 18.2 Å². The van der Waals surface area contributed by atoms with Gasteiger partial charge in [0.25, 0.3) is 5.91 Å². The van der Waals surface area contributed by atoms with E-state index in [9.17, 15) is 9.90 Å². The van der Waals surface area contributed by atoms with Crippen LogP contribution in [0.5, 0.6) is 0 Å². The van der Waals surface area contributed by atoms with Gasteiger partial charge in [0.2, 0.25) is 0 Å². The van der Waals surface area contributed by atoms with E-state index in [-0.39, 0.29) is 37.3 Å². The van der Waals surface area contributed by atoms with Crippen LogP contribution >= 0.6 is 12.4 Å². The average Bonchev–Trinajstić information content (AvgIpc) is 2.83. The van der Waals surface area contributed by atoms with Crippen LogP contribution in [-0.4, -0.2) is 23.7 Å². The third kappa shape index (κ3) is 4.68. The smallest absolute Gasteiger partial charge is 0.254 e. The van der Waals surface area contributed by atoms with E-state index in [1.807, 2.05) is 13.8 Å². The molecule has 0 aromatic carbocycles. The highest BCUT2D eigenvalue weighted by Gasteiger charge is 2.15. The van der Waals surface area contributed by atoms with Crippen molar-refractivity contribution in [2.24, 2.45) is 11.7 Å². The largest absolute Gasteiger partial charge is 0.467 e. The number of hydrogen-bond donors (Lipinski definition) is 3. The lowest BCUT2D eigenvalue weighted by Crippen LogP contribution is -2.35. The zero-order valence-corrected chi connectivity index (χ0v) is 11.5. The number of furan rings is 1. The molecule has 4 N–H and O–H groups in total. The molecule has 1 rings (SSSR count). The predicted molar refractivity (Wildman–Crippen MR) is 71.6 cm³/mol. The van der Waals surface area contributed by atoms with Crippen molar-refractivity contribution < 1.29 is 14.3 Å². The number of carbonyl (C=O) groups excluding carboxylic acids is 1. The Morgan fingerprint density at radius 1 is 1.61 bits per heavy atom. The summed E-state index contributed by atoms with van der Waals surface area (Å²) in [4.78, 5) is 11.7. The van der Waals surface area contributed by atoms with Crippen molar-refractivity contribution in [2.45, 2.75) is 32.9 Å². The lowest BCUT2D eigenvalue weighted by Gasteiger charge is -2.17. The summed E-state index contributed by atoms with van der Waals surface area (Å²) < 4.78 is 5.06. The topological polar surface area (TPSA) is 88.5 Å². The second-order valence-electron chi connectivity index (χ2n) is 4.17. The van der Waals surface area contributed by atoms with E-state index in [2.05, 4.69) is 5.32 Å². The summed E-state index contributed by atoms with van der Waals surface area (Å²) in [6.45, 7) is 4.46. The number of halogens is 1. The Balaban J connectivity index is 0.00000289. The molecule has 0 radical (unpaired) electrons. The van der Waals surface area contributed by atoms with Gasteiger partial charge in [-0.3, -0.25) is 4.79 Å². The number of hydrogen-bond acceptors (Lipinski definition) is 4. The van der Waals surface area contributed by atoms with Crippen LogP contribution in [0.2, 0.25) is 0 Å². The van der Waals surface area contributed by atoms with Crippen molar-refractivity contribution in [1.82, 2.24) is 5.32 Å². The molecule has 6 heteroatoms. The van der Waals surface area contributed by atoms with Crippen LogP contribution < -0.4 is 11.1 Å². The molecule has 2 atom stereocenters. The molecule has 0 saturated heterocycles. The standard InChI is InChI=1S/C12H20N2O3.ClH/c1-3-8(2)11(15)6-14-12(16)9-4-10(5-13)17-7-9;/h4,7-8,11,15H,3,5-6,13H2,1-2H3,(H,14,16);1H. The summed E-state index contributed by atoms with van der Waals surface area (Å²) in [6, 6.07) is 1.60. The van der Waals surface area contributed by atoms with Crippen molar-refractivity contribution in [2.75, 3.05) is 6.54 Å². The van der Waals surface area contributed by atoms with Gasteiger partial charge < -0.3 is 20.6 Å². The summed E-state index contributed by atoms with van der Waals surface area (Å²) in [6.07, 6.45) is 1.72. The first-order chi connectivity index (χ1) is 8.08. The van der Waals surface area contributed by atoms with Gasteiger partial charge in [-0.25, -0.2) is 0 Å². The molecular weight excluding hydrogens is 256 g/mol. The predicted octanol–water partition coefficient (Wildman–Crippen LogP) is 1.30. The maximum absolute atomic E-state index is 11.7. The molecule has 2 unspecified atom stereocenters. The third-order valence-corrected chi connectivity index (χ3v) is 2.89. The number of aliphatic hydroxyl groups excluding tert-OH is 1. The highest BCUT2D eigenvalue weighted by Crippen LogP contribution is 2.08. The first-order valence-corrected chi connectivity index (χ1v) is 5.82. The van der Waals surface area contributed by atoms with Gasteiger partial charge >= 0.3 is 0 Å². The minimum Gasteiger partial charge on any atom is -0.467 e. The fourth-order valence-electron chi connectivity index (χ4n) is 1.38. The van der Waals surface area contributed by atoms with Crippen molar-refractivity contribution in [1.29, 1.82) is 0 Å². The van der Waals surface area contributed by atoms with Gasteiger partial charge in [0, 0.05) is 6.54 Å². The summed E-state index contributed by atoms with van der Waals surface area (Å²) in [5, 5.41) is 12.4. The fourth-order valence-corrected chi connectivity index (χ4v) is 1.38. The van der Waals surface area contributed by atoms with Crippen LogP contribution in [0.25, 0.3) is 0 Å². The van der Waals surface area contributed by atoms with Crippen LogP contribution in [0.1, 0.15) is 36.4 Å². The number of nitrogens with two attached hydrogens (primary N) is 1. The Hall–Kier alpha value is -1.04. The minimum atomic E-state index is -0.523. The van der Waals surface area contributed by atoms with Crippen molar-refractivity contribution in [3.8, 4) is 0 Å². The number of carbonyl (C=O) groups is 1. The van der Waals surface area contributed by atoms with Gasteiger partial charge in [0.15, 0.2) is 0 Å². The second-order valence-corrected chi connectivity index (χ2v) is 4.17. The van der Waals surface area contributed by atoms with Gasteiger partial charge in [-0.1, -0.05) is 20.3 Å². The minimum absolute atomic E-state index is 0. The Morgan fingerprint density at radius 3 is 2.78 bits per heavy atom. The molecule has 0 aliphatic heterocycles. The summed E-state index contributed by atoms with van der Waals surface area (Å²) in [5.74, 6) is 0.479. The van der Waals surface area contributed by atoms with E-state index >= 15 is 0 Å². The summed E-state index contributed by atoms with van der Waals surface area (Å²) in [5.41, 5.74) is 5.81. The number of rotatable bonds is 6. The highest BCUT2D eigenvalue weighted by atomic mass is 35.5. The molecular formula is C12H21ClN2O3. The lowest BCUT2D eigenvalue weighted by molar-refractivity contribution is 0.0849. The van der Waals surface area contributed by atoms with E-state index in [0.717, 1.165) is 6.42 Å². The molecule has 18 heavy (non-hydrogen) atoms. The van der Waals surface area contributed by atoms with Crippen LogP contribution in [0, 0.1) is 5.92 Å². The molecule has 0 spiro atoms. The van der Waals surface area contributed by atoms with Crippen LogP contribution in [0.3, 0.4) is 0 Å². The monoisotopic (exact) mass is 276 g/mol. The lowest BCUT2D eigenvalue weighted by atomic mass is 10.0. The summed E-state index contributed by atoms with van der Waals surface area (Å²) >= 11 is 0. The zero-order chi connectivity index (χ0) is 12.8. The Bertz CT molecular complexity index is 368. The maximum Gasteiger partial charge on any atom is 0.254 e. The van der Waals surface area contributed by atoms with Gasteiger partial charge in [0.1, 0.15) is 12.0 Å². The molecule has 104 valence electrons. The summed E-state index contributed by atoms with van der Waals surface area (Å²) in [7, 11) is 0. The van der Waals surface area contributed by atoms with E-state index in [1.165, 1.54) is 6.26 Å². The van der Waals surface area contributed by atoms with Crippen LogP contribution in [0.15, 0.2) is 16.7 Å². The first-order valence-electron chi connectivity index (χ1n) is 5.82. The van der Waals surface area contributed by atoms with Gasteiger partial charge in [-0.2, -0.15) is 0 Å². The van der Waals surface area contributed by atoms with Gasteiger partial charge in [-0.15, -0.1) is 12.4 Å². The molecule has 0 bridgehead atoms. The molecule has 1 heterocycles. The molecule has 5 nitrogen and oxygen atoms in total. The van der Waals surface area contributed by atoms with E-state index in [4.69, 9.17) is 10.2 Å². The quantitative estimate of drug-likeness (QED) is 0.731. The van der Waals surface area contributed by atoms with Crippen molar-refractivity contribution in [3.63, 3.8) is 0 Å². The first kappa shape index (κ1) is 17.0. The molecule has 1 amide bonds. The molecule has 0 fully saturated rings. The fraction of sp³-hybridized carbons (Fsp3) is 0.583. The SMILES string of the molecule is CCC(C)C(O)CNC(=O)c1coc(CN)c1.Cl. The average molecular weight is 277 g/mol. The van der Waals surface area contributed by atoms with E-state index in [1.54, 1.807) is 6.07 Å². The third-order valence-electron chi connectivity index (χ3n) is 2.89. The molecule has 1 aromatic heterocycles.